The van der Waals surface area contributed by atoms with E-state index < -0.39 is 0 Å². The van der Waals surface area contributed by atoms with E-state index in [0.29, 0.717) is 25.6 Å². The van der Waals surface area contributed by atoms with E-state index in [0.717, 1.165) is 24.2 Å². The topological polar surface area (TPSA) is 62.7 Å². The quantitative estimate of drug-likeness (QED) is 0.311. The van der Waals surface area contributed by atoms with E-state index in [1.807, 2.05) is 18.7 Å². The van der Waals surface area contributed by atoms with Gasteiger partial charge in [0, 0.05) is 30.8 Å². The van der Waals surface area contributed by atoms with E-state index in [9.17, 15) is 4.79 Å². The first-order valence-electron chi connectivity index (χ1n) is 7.92. The van der Waals surface area contributed by atoms with Crippen molar-refractivity contribution < 1.29 is 9.53 Å². The van der Waals surface area contributed by atoms with E-state index in [4.69, 9.17) is 4.74 Å². The van der Waals surface area contributed by atoms with Gasteiger partial charge in [-0.1, -0.05) is 0 Å². The van der Waals surface area contributed by atoms with Crippen LogP contribution in [0.4, 0.5) is 0 Å². The molecule has 2 unspecified atom stereocenters. The molecule has 1 fully saturated rings. The molecule has 1 aliphatic carbocycles. The summed E-state index contributed by atoms with van der Waals surface area (Å²) >= 11 is 1.95. The molecule has 1 aliphatic rings. The summed E-state index contributed by atoms with van der Waals surface area (Å²) in [6.07, 6.45) is 7.04. The molecule has 0 bridgehead atoms. The minimum absolute atomic E-state index is 0.135. The SMILES string of the molecule is CCNC(=NCCCC(=O)OCC)NC1CCC(SC)C1. The second kappa shape index (κ2) is 10.8. The molecule has 0 spiro atoms. The van der Waals surface area contributed by atoms with Crippen LogP contribution in [-0.4, -0.2) is 49.2 Å². The molecule has 0 saturated heterocycles. The second-order valence-corrected chi connectivity index (χ2v) is 6.32. The maximum absolute atomic E-state index is 11.3. The standard InChI is InChI=1S/C15H29N3O2S/c1-4-16-15(17-10-6-7-14(19)20-5-2)18-12-8-9-13(11-12)21-3/h12-13H,4-11H2,1-3H3,(H2,16,17,18). The van der Waals surface area contributed by atoms with Crippen LogP contribution in [0.5, 0.6) is 0 Å². The fraction of sp³-hybridized carbons (Fsp3) is 0.867. The summed E-state index contributed by atoms with van der Waals surface area (Å²) in [5.74, 6) is 0.734. The number of aliphatic imine (C=N–C) groups is 1. The van der Waals surface area contributed by atoms with Crippen molar-refractivity contribution in [3.8, 4) is 0 Å². The molecule has 21 heavy (non-hydrogen) atoms. The molecule has 5 nitrogen and oxygen atoms in total. The summed E-state index contributed by atoms with van der Waals surface area (Å²) < 4.78 is 4.91. The average molecular weight is 315 g/mol. The van der Waals surface area contributed by atoms with Gasteiger partial charge < -0.3 is 15.4 Å². The van der Waals surface area contributed by atoms with Crippen LogP contribution in [0.2, 0.25) is 0 Å². The van der Waals surface area contributed by atoms with Crippen LogP contribution in [0.1, 0.15) is 46.0 Å². The van der Waals surface area contributed by atoms with Gasteiger partial charge >= 0.3 is 5.97 Å². The van der Waals surface area contributed by atoms with Crippen molar-refractivity contribution in [2.24, 2.45) is 4.99 Å². The Morgan fingerprint density at radius 3 is 2.81 bits per heavy atom. The first-order chi connectivity index (χ1) is 10.2. The van der Waals surface area contributed by atoms with Crippen LogP contribution in [-0.2, 0) is 9.53 Å². The molecule has 1 rings (SSSR count). The largest absolute Gasteiger partial charge is 0.466 e. The Labute approximate surface area is 132 Å². The number of hydrogen-bond acceptors (Lipinski definition) is 4. The number of carbonyl (C=O) groups is 1. The Morgan fingerprint density at radius 2 is 2.19 bits per heavy atom. The number of guanidine groups is 1. The highest BCUT2D eigenvalue weighted by Gasteiger charge is 2.24. The number of nitrogens with zero attached hydrogens (tertiary/aromatic N) is 1. The average Bonchev–Trinajstić information content (AvgIpc) is 2.91. The first-order valence-corrected chi connectivity index (χ1v) is 9.21. The lowest BCUT2D eigenvalue weighted by molar-refractivity contribution is -0.143. The van der Waals surface area contributed by atoms with E-state index in [1.165, 1.54) is 19.3 Å². The molecular formula is C15H29N3O2S. The molecule has 0 aromatic carbocycles. The van der Waals surface area contributed by atoms with Crippen molar-refractivity contribution >= 4 is 23.7 Å². The molecular weight excluding hydrogens is 286 g/mol. The zero-order valence-electron chi connectivity index (χ0n) is 13.5. The fourth-order valence-electron chi connectivity index (χ4n) is 2.45. The molecule has 0 aliphatic heterocycles. The number of rotatable bonds is 8. The summed E-state index contributed by atoms with van der Waals surface area (Å²) in [5, 5.41) is 7.55. The van der Waals surface area contributed by atoms with E-state index in [1.54, 1.807) is 0 Å². The maximum atomic E-state index is 11.3. The smallest absolute Gasteiger partial charge is 0.305 e. The van der Waals surface area contributed by atoms with Gasteiger partial charge in [-0.05, 0) is 45.8 Å². The number of carbonyl (C=O) groups excluding carboxylic acids is 1. The van der Waals surface area contributed by atoms with Crippen molar-refractivity contribution in [3.63, 3.8) is 0 Å². The number of esters is 1. The number of thioether (sulfide) groups is 1. The molecule has 2 atom stereocenters. The van der Waals surface area contributed by atoms with Gasteiger partial charge in [-0.25, -0.2) is 0 Å². The van der Waals surface area contributed by atoms with E-state index in [-0.39, 0.29) is 5.97 Å². The monoisotopic (exact) mass is 315 g/mol. The first kappa shape index (κ1) is 18.1. The summed E-state index contributed by atoms with van der Waals surface area (Å²) in [6, 6.07) is 0.519. The minimum Gasteiger partial charge on any atom is -0.466 e. The third-order valence-corrected chi connectivity index (χ3v) is 4.61. The molecule has 122 valence electrons. The van der Waals surface area contributed by atoms with Gasteiger partial charge in [0.1, 0.15) is 0 Å². The van der Waals surface area contributed by atoms with Crippen LogP contribution in [0, 0.1) is 0 Å². The lowest BCUT2D eigenvalue weighted by Crippen LogP contribution is -2.42. The van der Waals surface area contributed by atoms with Gasteiger partial charge in [0.05, 0.1) is 6.61 Å². The maximum Gasteiger partial charge on any atom is 0.305 e. The minimum atomic E-state index is -0.135. The molecule has 0 aromatic heterocycles. The van der Waals surface area contributed by atoms with Gasteiger partial charge in [-0.15, -0.1) is 0 Å². The zero-order chi connectivity index (χ0) is 15.5. The van der Waals surface area contributed by atoms with Gasteiger partial charge in [0.2, 0.25) is 0 Å². The van der Waals surface area contributed by atoms with Crippen molar-refractivity contribution in [3.05, 3.63) is 0 Å². The van der Waals surface area contributed by atoms with Gasteiger partial charge in [-0.3, -0.25) is 9.79 Å². The van der Waals surface area contributed by atoms with Crippen LogP contribution >= 0.6 is 11.8 Å². The highest BCUT2D eigenvalue weighted by molar-refractivity contribution is 7.99. The summed E-state index contributed by atoms with van der Waals surface area (Å²) in [5.41, 5.74) is 0. The molecule has 6 heteroatoms. The lowest BCUT2D eigenvalue weighted by atomic mass is 10.2. The normalized spacial score (nSPS) is 22.1. The van der Waals surface area contributed by atoms with Crippen molar-refractivity contribution in [1.82, 2.24) is 10.6 Å². The molecule has 0 heterocycles. The number of nitrogens with one attached hydrogen (secondary N) is 2. The third kappa shape index (κ3) is 7.60. The Morgan fingerprint density at radius 1 is 1.38 bits per heavy atom. The van der Waals surface area contributed by atoms with Crippen molar-refractivity contribution in [1.29, 1.82) is 0 Å². The van der Waals surface area contributed by atoms with Crippen LogP contribution in [0.3, 0.4) is 0 Å². The van der Waals surface area contributed by atoms with Crippen LogP contribution in [0.25, 0.3) is 0 Å². The Hall–Kier alpha value is -0.910. The summed E-state index contributed by atoms with van der Waals surface area (Å²) in [6.45, 7) is 5.83. The highest BCUT2D eigenvalue weighted by atomic mass is 32.2. The predicted octanol–water partition coefficient (Wildman–Crippen LogP) is 2.17. The zero-order valence-corrected chi connectivity index (χ0v) is 14.3. The highest BCUT2D eigenvalue weighted by Crippen LogP contribution is 2.27. The van der Waals surface area contributed by atoms with Crippen molar-refractivity contribution in [2.75, 3.05) is 26.0 Å². The van der Waals surface area contributed by atoms with E-state index >= 15 is 0 Å². The van der Waals surface area contributed by atoms with Gasteiger partial charge in [0.25, 0.3) is 0 Å². The van der Waals surface area contributed by atoms with Crippen LogP contribution < -0.4 is 10.6 Å². The van der Waals surface area contributed by atoms with Crippen molar-refractivity contribution in [2.45, 2.75) is 57.2 Å². The van der Waals surface area contributed by atoms with E-state index in [2.05, 4.69) is 28.8 Å². The van der Waals surface area contributed by atoms with Gasteiger partial charge in [-0.2, -0.15) is 11.8 Å². The Balaban J connectivity index is 2.31. The van der Waals surface area contributed by atoms with Crippen LogP contribution in [0.15, 0.2) is 4.99 Å². The Bertz CT molecular complexity index is 337. The molecule has 0 aromatic rings. The molecule has 0 amide bonds. The molecule has 1 saturated carbocycles. The number of hydrogen-bond donors (Lipinski definition) is 2. The third-order valence-electron chi connectivity index (χ3n) is 3.52. The summed E-state index contributed by atoms with van der Waals surface area (Å²) in [4.78, 5) is 15.8. The Kier molecular flexibility index (Phi) is 9.30. The summed E-state index contributed by atoms with van der Waals surface area (Å²) in [7, 11) is 0. The second-order valence-electron chi connectivity index (χ2n) is 5.18. The molecule has 0 radical (unpaired) electrons. The fourth-order valence-corrected chi connectivity index (χ4v) is 3.24. The van der Waals surface area contributed by atoms with Gasteiger partial charge in [0.15, 0.2) is 5.96 Å². The lowest BCUT2D eigenvalue weighted by Gasteiger charge is -2.17. The predicted molar refractivity (Wildman–Crippen MR) is 89.9 cm³/mol. The molecule has 2 N–H and O–H groups in total. The number of ether oxygens (including phenoxy) is 1.